The smallest absolute Gasteiger partial charge is 0.335 e. The number of amides is 4. The SMILES string of the molecule is CC[C@H](C)Oc1ccc(/C=C2\C(=O)NC(=O)N(c3ccc(C)cc3)C2=O)cc1Cl. The van der Waals surface area contributed by atoms with Crippen LogP contribution in [-0.2, 0) is 9.59 Å². The van der Waals surface area contributed by atoms with E-state index >= 15 is 0 Å². The molecule has 2 aromatic rings. The highest BCUT2D eigenvalue weighted by atomic mass is 35.5. The second-order valence-corrected chi connectivity index (χ2v) is 7.23. The Balaban J connectivity index is 1.92. The number of nitrogens with zero attached hydrogens (tertiary/aromatic N) is 1. The number of hydrogen-bond donors (Lipinski definition) is 1. The number of benzene rings is 2. The molecule has 0 spiro atoms. The highest BCUT2D eigenvalue weighted by Gasteiger charge is 2.36. The quantitative estimate of drug-likeness (QED) is 0.579. The lowest BCUT2D eigenvalue weighted by Gasteiger charge is -2.26. The maximum Gasteiger partial charge on any atom is 0.335 e. The average Bonchev–Trinajstić information content (AvgIpc) is 2.68. The number of barbiturate groups is 1. The Morgan fingerprint density at radius 2 is 1.83 bits per heavy atom. The summed E-state index contributed by atoms with van der Waals surface area (Å²) in [7, 11) is 0. The average molecular weight is 413 g/mol. The lowest BCUT2D eigenvalue weighted by molar-refractivity contribution is -0.122. The maximum absolute atomic E-state index is 12.9. The summed E-state index contributed by atoms with van der Waals surface area (Å²) in [4.78, 5) is 38.3. The summed E-state index contributed by atoms with van der Waals surface area (Å²) in [6.07, 6.45) is 2.25. The molecule has 3 rings (SSSR count). The maximum atomic E-state index is 12.9. The lowest BCUT2D eigenvalue weighted by atomic mass is 10.1. The van der Waals surface area contributed by atoms with Gasteiger partial charge in [0.15, 0.2) is 0 Å². The summed E-state index contributed by atoms with van der Waals surface area (Å²) in [5, 5.41) is 2.57. The Morgan fingerprint density at radius 1 is 1.14 bits per heavy atom. The van der Waals surface area contributed by atoms with Crippen LogP contribution in [0.4, 0.5) is 10.5 Å². The van der Waals surface area contributed by atoms with E-state index in [4.69, 9.17) is 16.3 Å². The lowest BCUT2D eigenvalue weighted by Crippen LogP contribution is -2.54. The van der Waals surface area contributed by atoms with Crippen LogP contribution in [0.2, 0.25) is 5.02 Å². The molecule has 7 heteroatoms. The molecule has 0 bridgehead atoms. The minimum atomic E-state index is -0.781. The molecule has 1 aliphatic rings. The van der Waals surface area contributed by atoms with Crippen molar-refractivity contribution >= 4 is 41.2 Å². The van der Waals surface area contributed by atoms with Crippen molar-refractivity contribution in [3.63, 3.8) is 0 Å². The van der Waals surface area contributed by atoms with Crippen molar-refractivity contribution in [2.75, 3.05) is 4.90 Å². The van der Waals surface area contributed by atoms with Crippen LogP contribution in [0.3, 0.4) is 0 Å². The van der Waals surface area contributed by atoms with Crippen molar-refractivity contribution in [3.8, 4) is 5.75 Å². The van der Waals surface area contributed by atoms with E-state index in [1.165, 1.54) is 6.08 Å². The Hall–Kier alpha value is -3.12. The van der Waals surface area contributed by atoms with Crippen LogP contribution in [0.5, 0.6) is 5.75 Å². The summed E-state index contributed by atoms with van der Waals surface area (Å²) >= 11 is 6.28. The van der Waals surface area contributed by atoms with Crippen LogP contribution in [0, 0.1) is 6.92 Å². The van der Waals surface area contributed by atoms with Crippen molar-refractivity contribution in [3.05, 3.63) is 64.2 Å². The van der Waals surface area contributed by atoms with Gasteiger partial charge in [0.25, 0.3) is 11.8 Å². The molecule has 0 unspecified atom stereocenters. The molecule has 1 N–H and O–H groups in total. The Morgan fingerprint density at radius 3 is 2.45 bits per heavy atom. The van der Waals surface area contributed by atoms with E-state index in [1.807, 2.05) is 20.8 Å². The zero-order valence-corrected chi connectivity index (χ0v) is 17.1. The van der Waals surface area contributed by atoms with Gasteiger partial charge in [-0.1, -0.05) is 42.3 Å². The number of anilines is 1. The topological polar surface area (TPSA) is 75.7 Å². The molecular weight excluding hydrogens is 392 g/mol. The number of imide groups is 2. The van der Waals surface area contributed by atoms with E-state index in [-0.39, 0.29) is 11.7 Å². The second kappa shape index (κ2) is 8.49. The molecule has 1 heterocycles. The first-order valence-electron chi connectivity index (χ1n) is 9.24. The first kappa shape index (κ1) is 20.6. The molecule has 2 aromatic carbocycles. The van der Waals surface area contributed by atoms with Crippen molar-refractivity contribution < 1.29 is 19.1 Å². The molecule has 0 aliphatic carbocycles. The van der Waals surface area contributed by atoms with Gasteiger partial charge in [-0.3, -0.25) is 14.9 Å². The Kier molecular flexibility index (Phi) is 6.03. The standard InChI is InChI=1S/C22H21ClN2O4/c1-4-14(3)29-19-10-7-15(12-18(19)23)11-17-20(26)24-22(28)25(21(17)27)16-8-5-13(2)6-9-16/h5-12,14H,4H2,1-3H3,(H,24,26,28)/b17-11+/t14-/m0/s1. The fourth-order valence-electron chi connectivity index (χ4n) is 2.75. The molecule has 4 amide bonds. The molecule has 1 fully saturated rings. The van der Waals surface area contributed by atoms with Crippen LogP contribution in [0.1, 0.15) is 31.4 Å². The third-order valence-corrected chi connectivity index (χ3v) is 4.86. The summed E-state index contributed by atoms with van der Waals surface area (Å²) in [5.41, 5.74) is 1.76. The van der Waals surface area contributed by atoms with Crippen molar-refractivity contribution in [2.45, 2.75) is 33.3 Å². The van der Waals surface area contributed by atoms with E-state index in [0.717, 1.165) is 16.9 Å². The van der Waals surface area contributed by atoms with E-state index in [2.05, 4.69) is 5.32 Å². The molecule has 29 heavy (non-hydrogen) atoms. The number of carbonyl (C=O) groups excluding carboxylic acids is 3. The molecule has 6 nitrogen and oxygen atoms in total. The zero-order chi connectivity index (χ0) is 21.1. The molecule has 0 saturated carbocycles. The first-order chi connectivity index (χ1) is 13.8. The van der Waals surface area contributed by atoms with Crippen LogP contribution >= 0.6 is 11.6 Å². The number of hydrogen-bond acceptors (Lipinski definition) is 4. The number of aryl methyl sites for hydroxylation is 1. The molecule has 1 aliphatic heterocycles. The van der Waals surface area contributed by atoms with E-state index < -0.39 is 17.8 Å². The van der Waals surface area contributed by atoms with Gasteiger partial charge in [-0.2, -0.15) is 0 Å². The summed E-state index contributed by atoms with van der Waals surface area (Å²) in [6.45, 7) is 5.84. The molecular formula is C22H21ClN2O4. The summed E-state index contributed by atoms with van der Waals surface area (Å²) in [5.74, 6) is -0.919. The van der Waals surface area contributed by atoms with Crippen molar-refractivity contribution in [1.82, 2.24) is 5.32 Å². The third-order valence-electron chi connectivity index (χ3n) is 4.56. The van der Waals surface area contributed by atoms with Gasteiger partial charge in [-0.15, -0.1) is 0 Å². The van der Waals surface area contributed by atoms with Crippen LogP contribution in [-0.4, -0.2) is 23.9 Å². The van der Waals surface area contributed by atoms with E-state index in [1.54, 1.807) is 42.5 Å². The number of nitrogens with one attached hydrogen (secondary N) is 1. The minimum absolute atomic E-state index is 0.0106. The molecule has 1 atom stereocenters. The number of halogens is 1. The zero-order valence-electron chi connectivity index (χ0n) is 16.4. The molecule has 1 saturated heterocycles. The van der Waals surface area contributed by atoms with Crippen molar-refractivity contribution in [2.24, 2.45) is 0 Å². The number of ether oxygens (including phenoxy) is 1. The largest absolute Gasteiger partial charge is 0.489 e. The fraction of sp³-hybridized carbons (Fsp3) is 0.227. The van der Waals surface area contributed by atoms with E-state index in [0.29, 0.717) is 22.0 Å². The van der Waals surface area contributed by atoms with Crippen LogP contribution in [0.15, 0.2) is 48.0 Å². The highest BCUT2D eigenvalue weighted by Crippen LogP contribution is 2.29. The number of rotatable bonds is 5. The van der Waals surface area contributed by atoms with E-state index in [9.17, 15) is 14.4 Å². The number of carbonyl (C=O) groups is 3. The Bertz CT molecular complexity index is 998. The normalized spacial score (nSPS) is 16.8. The van der Waals surface area contributed by atoms with Gasteiger partial charge in [-0.25, -0.2) is 9.69 Å². The third kappa shape index (κ3) is 4.49. The van der Waals surface area contributed by atoms with Crippen LogP contribution in [0.25, 0.3) is 6.08 Å². The van der Waals surface area contributed by atoms with Gasteiger partial charge in [0.05, 0.1) is 16.8 Å². The molecule has 0 radical (unpaired) electrons. The monoisotopic (exact) mass is 412 g/mol. The first-order valence-corrected chi connectivity index (χ1v) is 9.62. The van der Waals surface area contributed by atoms with Gasteiger partial charge in [0.2, 0.25) is 0 Å². The summed E-state index contributed by atoms with van der Waals surface area (Å²) in [6, 6.07) is 11.1. The fourth-order valence-corrected chi connectivity index (χ4v) is 2.99. The second-order valence-electron chi connectivity index (χ2n) is 6.82. The predicted octanol–water partition coefficient (Wildman–Crippen LogP) is 4.49. The van der Waals surface area contributed by atoms with Gasteiger partial charge >= 0.3 is 6.03 Å². The molecule has 150 valence electrons. The van der Waals surface area contributed by atoms with Gasteiger partial charge in [0.1, 0.15) is 11.3 Å². The van der Waals surface area contributed by atoms with Gasteiger partial charge < -0.3 is 4.74 Å². The minimum Gasteiger partial charge on any atom is -0.489 e. The van der Waals surface area contributed by atoms with Gasteiger partial charge in [-0.05, 0) is 56.2 Å². The Labute approximate surface area is 174 Å². The van der Waals surface area contributed by atoms with Crippen LogP contribution < -0.4 is 15.0 Å². The predicted molar refractivity (Wildman–Crippen MR) is 112 cm³/mol. The van der Waals surface area contributed by atoms with Crippen molar-refractivity contribution in [1.29, 1.82) is 0 Å². The van der Waals surface area contributed by atoms with Gasteiger partial charge in [0, 0.05) is 0 Å². The summed E-state index contributed by atoms with van der Waals surface area (Å²) < 4.78 is 5.73. The molecule has 0 aromatic heterocycles. The highest BCUT2D eigenvalue weighted by molar-refractivity contribution is 6.39. The number of urea groups is 1.